The molecule has 29 heavy (non-hydrogen) atoms. The zero-order valence-corrected chi connectivity index (χ0v) is 17.2. The maximum Gasteiger partial charge on any atom is 0.322 e. The Hall–Kier alpha value is -1.98. The van der Waals surface area contributed by atoms with Crippen LogP contribution in [0.2, 0.25) is 0 Å². The largest absolute Gasteiger partial charge is 0.481 e. The zero-order valence-electron chi connectivity index (χ0n) is 16.3. The fourth-order valence-corrected chi connectivity index (χ4v) is 2.94. The van der Waals surface area contributed by atoms with Crippen molar-refractivity contribution < 1.29 is 34.2 Å². The van der Waals surface area contributed by atoms with Crippen molar-refractivity contribution in [2.24, 2.45) is 23.3 Å². The topological polar surface area (TPSA) is 190 Å². The quantitative estimate of drug-likeness (QED) is 0.131. The van der Waals surface area contributed by atoms with Gasteiger partial charge in [-0.2, -0.15) is 12.6 Å². The van der Waals surface area contributed by atoms with Gasteiger partial charge in [-0.3, -0.25) is 24.0 Å². The monoisotopic (exact) mass is 433 g/mol. The van der Waals surface area contributed by atoms with Crippen molar-refractivity contribution in [2.75, 3.05) is 18.8 Å². The summed E-state index contributed by atoms with van der Waals surface area (Å²) in [4.78, 5) is 57.9. The molecule has 166 valence electrons. The Morgan fingerprint density at radius 1 is 0.966 bits per heavy atom. The zero-order chi connectivity index (χ0) is 22.4. The van der Waals surface area contributed by atoms with Crippen molar-refractivity contribution in [1.29, 1.82) is 0 Å². The number of nitrogens with two attached hydrogens (primary N) is 2. The molecule has 0 radical (unpaired) electrons. The molecule has 0 unspecified atom stereocenters. The van der Waals surface area contributed by atoms with Crippen LogP contribution in [0.3, 0.4) is 0 Å². The smallest absolute Gasteiger partial charge is 0.322 e. The highest BCUT2D eigenvalue weighted by Gasteiger charge is 2.25. The summed E-state index contributed by atoms with van der Waals surface area (Å²) in [6.45, 7) is -0.101. The number of nitrogens with one attached hydrogen (secondary N) is 1. The van der Waals surface area contributed by atoms with Crippen LogP contribution in [0.15, 0.2) is 0 Å². The highest BCUT2D eigenvalue weighted by Crippen LogP contribution is 2.16. The van der Waals surface area contributed by atoms with E-state index in [1.165, 1.54) is 0 Å². The number of ketones is 2. The summed E-state index contributed by atoms with van der Waals surface area (Å²) in [6, 6.07) is -0.967. The van der Waals surface area contributed by atoms with Crippen LogP contribution in [0, 0.1) is 11.8 Å². The number of carbonyl (C=O) groups excluding carboxylic acids is 3. The lowest BCUT2D eigenvalue weighted by Gasteiger charge is -2.16. The van der Waals surface area contributed by atoms with E-state index < -0.39 is 48.1 Å². The van der Waals surface area contributed by atoms with E-state index in [0.717, 1.165) is 0 Å². The van der Waals surface area contributed by atoms with Crippen LogP contribution in [-0.4, -0.2) is 64.5 Å². The van der Waals surface area contributed by atoms with Gasteiger partial charge in [0.25, 0.3) is 0 Å². The molecule has 0 fully saturated rings. The third-order valence-electron chi connectivity index (χ3n) is 4.43. The van der Waals surface area contributed by atoms with Crippen molar-refractivity contribution in [3.8, 4) is 0 Å². The number of thiol groups is 1. The molecule has 0 aliphatic heterocycles. The lowest BCUT2D eigenvalue weighted by molar-refractivity contribution is -0.144. The van der Waals surface area contributed by atoms with Gasteiger partial charge in [-0.25, -0.2) is 0 Å². The maximum atomic E-state index is 12.2. The van der Waals surface area contributed by atoms with Crippen molar-refractivity contribution in [1.82, 2.24) is 5.32 Å². The van der Waals surface area contributed by atoms with Gasteiger partial charge in [-0.1, -0.05) is 6.42 Å². The van der Waals surface area contributed by atoms with Crippen LogP contribution in [0.25, 0.3) is 0 Å². The number of hydrogen-bond donors (Lipinski definition) is 6. The van der Waals surface area contributed by atoms with E-state index in [1.807, 2.05) is 0 Å². The van der Waals surface area contributed by atoms with Gasteiger partial charge in [0.2, 0.25) is 5.91 Å². The first-order valence-electron chi connectivity index (χ1n) is 9.45. The van der Waals surface area contributed by atoms with Crippen LogP contribution < -0.4 is 16.8 Å². The predicted octanol–water partition coefficient (Wildman–Crippen LogP) is -0.411. The number of aliphatic carboxylic acids is 2. The van der Waals surface area contributed by atoms with Gasteiger partial charge in [0, 0.05) is 25.0 Å². The molecule has 11 heteroatoms. The highest BCUT2D eigenvalue weighted by molar-refractivity contribution is 7.80. The number of rotatable bonds is 17. The van der Waals surface area contributed by atoms with Gasteiger partial charge in [0.1, 0.15) is 18.1 Å². The molecular formula is C18H31N3O7S. The van der Waals surface area contributed by atoms with Crippen molar-refractivity contribution in [3.63, 3.8) is 0 Å². The van der Waals surface area contributed by atoms with E-state index in [4.69, 9.17) is 16.6 Å². The van der Waals surface area contributed by atoms with Crippen LogP contribution >= 0.6 is 12.6 Å². The Labute approximate surface area is 175 Å². The molecule has 0 aliphatic carbocycles. The number of carboxylic acids is 2. The Kier molecular flexibility index (Phi) is 13.9. The Balaban J connectivity index is 4.47. The third kappa shape index (κ3) is 12.2. The van der Waals surface area contributed by atoms with E-state index in [0.29, 0.717) is 25.8 Å². The molecule has 0 rings (SSSR count). The fourth-order valence-electron chi connectivity index (χ4n) is 2.64. The molecule has 0 aromatic heterocycles. The molecule has 0 saturated carbocycles. The summed E-state index contributed by atoms with van der Waals surface area (Å²) in [5.41, 5.74) is 11.2. The molecule has 0 saturated heterocycles. The van der Waals surface area contributed by atoms with E-state index in [-0.39, 0.29) is 37.2 Å². The number of Topliss-reactive ketones (excluding diaryl/α,β-unsaturated/α-hetero) is 2. The minimum absolute atomic E-state index is 0.0445. The van der Waals surface area contributed by atoms with Gasteiger partial charge < -0.3 is 27.0 Å². The summed E-state index contributed by atoms with van der Waals surface area (Å²) in [7, 11) is 0. The second kappa shape index (κ2) is 14.9. The van der Waals surface area contributed by atoms with Gasteiger partial charge in [0.05, 0.1) is 17.9 Å². The number of carboxylic acid groups (broad SMARTS) is 2. The summed E-state index contributed by atoms with van der Waals surface area (Å²) in [5, 5.41) is 20.0. The minimum atomic E-state index is -1.20. The third-order valence-corrected chi connectivity index (χ3v) is 4.87. The van der Waals surface area contributed by atoms with E-state index >= 15 is 0 Å². The van der Waals surface area contributed by atoms with Gasteiger partial charge in [-0.05, 0) is 25.8 Å². The highest BCUT2D eigenvalue weighted by atomic mass is 32.1. The molecule has 10 nitrogen and oxygen atoms in total. The van der Waals surface area contributed by atoms with Crippen LogP contribution in [0.1, 0.15) is 44.9 Å². The molecule has 7 N–H and O–H groups in total. The molecule has 0 bridgehead atoms. The molecule has 0 heterocycles. The van der Waals surface area contributed by atoms with Gasteiger partial charge in [0.15, 0.2) is 0 Å². The van der Waals surface area contributed by atoms with Crippen LogP contribution in [-0.2, 0) is 24.0 Å². The second-order valence-electron chi connectivity index (χ2n) is 6.87. The predicted molar refractivity (Wildman–Crippen MR) is 108 cm³/mol. The first-order chi connectivity index (χ1) is 13.6. The molecule has 0 spiro atoms. The number of carbonyl (C=O) groups is 5. The summed E-state index contributed by atoms with van der Waals surface area (Å²) >= 11 is 4.00. The fraction of sp³-hybridized carbons (Fsp3) is 0.722. The van der Waals surface area contributed by atoms with Gasteiger partial charge in [-0.15, -0.1) is 0 Å². The Morgan fingerprint density at radius 3 is 2.14 bits per heavy atom. The summed E-state index contributed by atoms with van der Waals surface area (Å²) < 4.78 is 0. The van der Waals surface area contributed by atoms with E-state index in [2.05, 4.69) is 17.9 Å². The lowest BCUT2D eigenvalue weighted by atomic mass is 9.91. The average Bonchev–Trinajstić information content (AvgIpc) is 2.67. The van der Waals surface area contributed by atoms with Crippen LogP contribution in [0.4, 0.5) is 0 Å². The molecular weight excluding hydrogens is 402 g/mol. The first-order valence-corrected chi connectivity index (χ1v) is 10.1. The van der Waals surface area contributed by atoms with Crippen LogP contribution in [0.5, 0.6) is 0 Å². The average molecular weight is 434 g/mol. The van der Waals surface area contributed by atoms with Crippen molar-refractivity contribution in [2.45, 2.75) is 51.0 Å². The van der Waals surface area contributed by atoms with E-state index in [1.54, 1.807) is 0 Å². The Bertz CT molecular complexity index is 586. The van der Waals surface area contributed by atoms with E-state index in [9.17, 15) is 29.1 Å². The molecule has 3 atom stereocenters. The molecule has 0 aromatic rings. The van der Waals surface area contributed by atoms with Crippen molar-refractivity contribution in [3.05, 3.63) is 0 Å². The summed E-state index contributed by atoms with van der Waals surface area (Å²) in [6.07, 6.45) is 1.25. The normalized spacial score (nSPS) is 13.9. The first kappa shape index (κ1) is 27.0. The van der Waals surface area contributed by atoms with Crippen molar-refractivity contribution >= 4 is 42.0 Å². The molecule has 1 amide bonds. The number of amides is 1. The minimum Gasteiger partial charge on any atom is -0.481 e. The summed E-state index contributed by atoms with van der Waals surface area (Å²) in [5.74, 6) is -5.14. The second-order valence-corrected chi connectivity index (χ2v) is 7.23. The standard InChI is InChI=1S/C18H31N3O7S/c19-6-2-1-3-11(18(27)28)8-15(23)14(20)5-4-13(22)7-12(10-29)17(26)21-9-16(24)25/h11-12,14,29H,1-10,19-20H2,(H,21,26)(H,24,25)(H,27,28)/t11-,12+,14+/m1/s1. The number of hydrogen-bond acceptors (Lipinski definition) is 8. The number of unbranched alkanes of at least 4 members (excludes halogenated alkanes) is 1. The Morgan fingerprint density at radius 2 is 1.62 bits per heavy atom. The van der Waals surface area contributed by atoms with Gasteiger partial charge >= 0.3 is 11.9 Å². The maximum absolute atomic E-state index is 12.2. The molecule has 0 aliphatic rings. The SMILES string of the molecule is NCCCC[C@H](CC(=O)[C@@H](N)CCC(=O)C[C@@H](CS)C(=O)NCC(=O)O)C(=O)O. The molecule has 0 aromatic carbocycles. The lowest BCUT2D eigenvalue weighted by Crippen LogP contribution is -2.37.